The number of fused-ring (bicyclic) bond motifs is 7. The first kappa shape index (κ1) is 39.6. The van der Waals surface area contributed by atoms with Gasteiger partial charge in [0.05, 0.1) is 22.8 Å². The molecular formula is C64H44N2S2. The Labute approximate surface area is 406 Å². The van der Waals surface area contributed by atoms with Gasteiger partial charge in [0.25, 0.3) is 0 Å². The molecule has 0 amide bonds. The Morgan fingerprint density at radius 2 is 1.12 bits per heavy atom. The van der Waals surface area contributed by atoms with Crippen molar-refractivity contribution in [2.24, 2.45) is 5.92 Å². The third-order valence-electron chi connectivity index (χ3n) is 14.5. The summed E-state index contributed by atoms with van der Waals surface area (Å²) in [5, 5.41) is 5.07. The van der Waals surface area contributed by atoms with E-state index in [4.69, 9.17) is 0 Å². The molecule has 0 bridgehead atoms. The quantitative estimate of drug-likeness (QED) is 0.170. The van der Waals surface area contributed by atoms with E-state index in [0.717, 1.165) is 18.5 Å². The molecule has 322 valence electrons. The lowest BCUT2D eigenvalue weighted by Gasteiger charge is -2.41. The first-order chi connectivity index (χ1) is 33.7. The van der Waals surface area contributed by atoms with Crippen LogP contribution in [-0.4, -0.2) is 0 Å². The summed E-state index contributed by atoms with van der Waals surface area (Å²) in [4.78, 5) is 10.3. The molecule has 68 heavy (non-hydrogen) atoms. The fourth-order valence-electron chi connectivity index (χ4n) is 11.4. The minimum absolute atomic E-state index is 0.0321. The zero-order valence-corrected chi connectivity index (χ0v) is 38.9. The summed E-state index contributed by atoms with van der Waals surface area (Å²) in [6.45, 7) is 0. The van der Waals surface area contributed by atoms with Crippen molar-refractivity contribution in [2.75, 3.05) is 9.80 Å². The van der Waals surface area contributed by atoms with Crippen LogP contribution in [0.5, 0.6) is 0 Å². The minimum atomic E-state index is 0.0321. The molecule has 3 aliphatic carbocycles. The van der Waals surface area contributed by atoms with Gasteiger partial charge in [0, 0.05) is 42.8 Å². The molecule has 0 fully saturated rings. The Bertz CT molecular complexity index is 3690. The zero-order valence-electron chi connectivity index (χ0n) is 37.2. The lowest BCUT2D eigenvalue weighted by molar-refractivity contribution is 0.647. The molecule has 2 unspecified atom stereocenters. The van der Waals surface area contributed by atoms with E-state index in [2.05, 4.69) is 240 Å². The Morgan fingerprint density at radius 3 is 1.94 bits per heavy atom. The first-order valence-electron chi connectivity index (χ1n) is 23.7. The number of nitrogens with zero attached hydrogens (tertiary/aromatic N) is 2. The van der Waals surface area contributed by atoms with Crippen LogP contribution >= 0.6 is 23.5 Å². The standard InChI is InChI=1S/C64H44N2S2/c1-2-17-43-37-45(32-31-41(43)15-1)44-19-13-20-46(38-44)63-51-35-33-48(66-57-25-7-11-29-61(57)68-62-30-12-8-26-58(62)66)40-54(51)64(50-22-14-18-42-16-3-4-21-49(42)50)52-36-34-47(39-53(52)63)65-55-23-5-9-27-59(55)67-60-28-10-6-24-56(60)65/h1-11,13-29,31-40,54,64H,12,30H2. The molecule has 0 radical (unpaired) electrons. The van der Waals surface area contributed by atoms with Gasteiger partial charge in [-0.05, 0) is 152 Å². The smallest absolute Gasteiger partial charge is 0.0601 e. The molecule has 2 nitrogen and oxygen atoms in total. The van der Waals surface area contributed by atoms with Crippen molar-refractivity contribution in [1.82, 2.24) is 0 Å². The lowest BCUT2D eigenvalue weighted by atomic mass is 9.65. The van der Waals surface area contributed by atoms with E-state index in [1.165, 1.54) is 114 Å². The second-order valence-corrected chi connectivity index (χ2v) is 20.5. The van der Waals surface area contributed by atoms with Gasteiger partial charge in [-0.2, -0.15) is 0 Å². The normalized spacial score (nSPS) is 17.9. The highest BCUT2D eigenvalue weighted by Crippen LogP contribution is 2.57. The van der Waals surface area contributed by atoms with E-state index in [9.17, 15) is 0 Å². The van der Waals surface area contributed by atoms with E-state index < -0.39 is 0 Å². The van der Waals surface area contributed by atoms with Crippen molar-refractivity contribution in [2.45, 2.75) is 33.4 Å². The van der Waals surface area contributed by atoms with Gasteiger partial charge in [-0.15, -0.1) is 0 Å². The second kappa shape index (κ2) is 16.1. The predicted molar refractivity (Wildman–Crippen MR) is 287 cm³/mol. The molecule has 0 saturated carbocycles. The summed E-state index contributed by atoms with van der Waals surface area (Å²) >= 11 is 3.80. The molecule has 0 N–H and O–H groups in total. The van der Waals surface area contributed by atoms with Gasteiger partial charge in [0.2, 0.25) is 0 Å². The molecule has 2 heterocycles. The molecule has 9 aromatic carbocycles. The van der Waals surface area contributed by atoms with Gasteiger partial charge >= 0.3 is 0 Å². The summed E-state index contributed by atoms with van der Waals surface area (Å²) in [5.41, 5.74) is 17.6. The van der Waals surface area contributed by atoms with Crippen molar-refractivity contribution in [3.05, 3.63) is 275 Å². The molecule has 2 atom stereocenters. The Hall–Kier alpha value is -7.50. The van der Waals surface area contributed by atoms with Crippen LogP contribution in [0.15, 0.2) is 267 Å². The van der Waals surface area contributed by atoms with E-state index in [-0.39, 0.29) is 11.8 Å². The number of allylic oxidation sites excluding steroid dienone is 7. The van der Waals surface area contributed by atoms with Gasteiger partial charge < -0.3 is 9.80 Å². The molecule has 9 aromatic rings. The minimum Gasteiger partial charge on any atom is -0.309 e. The Balaban J connectivity index is 1.03. The Kier molecular flexibility index (Phi) is 9.38. The lowest BCUT2D eigenvalue weighted by Crippen LogP contribution is -2.30. The number of hydrogen-bond acceptors (Lipinski definition) is 4. The monoisotopic (exact) mass is 904 g/mol. The van der Waals surface area contributed by atoms with Crippen LogP contribution in [0.1, 0.15) is 41.0 Å². The molecule has 14 rings (SSSR count). The topological polar surface area (TPSA) is 6.48 Å². The second-order valence-electron chi connectivity index (χ2n) is 18.3. The van der Waals surface area contributed by atoms with Crippen LogP contribution in [0.2, 0.25) is 0 Å². The van der Waals surface area contributed by atoms with Crippen molar-refractivity contribution >= 4 is 73.4 Å². The Morgan fingerprint density at radius 1 is 0.456 bits per heavy atom. The highest BCUT2D eigenvalue weighted by molar-refractivity contribution is 8.03. The van der Waals surface area contributed by atoms with E-state index >= 15 is 0 Å². The molecule has 5 aliphatic rings. The SMILES string of the molecule is C1=CC2=C(CC1)Sc1ccccc1N2C1=CC2C(=C(c3cccc(-c4ccc5ccccc5c4)c3)c3cc(N4c5ccccc5Sc5ccccc54)ccc3C2c2cccc3ccccc23)C=C1. The zero-order chi connectivity index (χ0) is 44.7. The number of hydrogen-bond donors (Lipinski definition) is 0. The van der Waals surface area contributed by atoms with E-state index in [1.54, 1.807) is 0 Å². The average Bonchev–Trinajstić information content (AvgIpc) is 3.40. The first-order valence-corrected chi connectivity index (χ1v) is 25.3. The maximum Gasteiger partial charge on any atom is 0.0601 e. The molecule has 0 aromatic heterocycles. The van der Waals surface area contributed by atoms with Crippen LogP contribution in [0.3, 0.4) is 0 Å². The van der Waals surface area contributed by atoms with Crippen molar-refractivity contribution in [3.8, 4) is 11.1 Å². The van der Waals surface area contributed by atoms with Gasteiger partial charge in [0.1, 0.15) is 0 Å². The highest BCUT2D eigenvalue weighted by Gasteiger charge is 2.40. The van der Waals surface area contributed by atoms with Crippen molar-refractivity contribution in [1.29, 1.82) is 0 Å². The number of para-hydroxylation sites is 3. The molecular weight excluding hydrogens is 861 g/mol. The fraction of sp³-hybridized carbons (Fsp3) is 0.0625. The average molecular weight is 905 g/mol. The third kappa shape index (κ3) is 6.43. The van der Waals surface area contributed by atoms with Crippen LogP contribution in [0.25, 0.3) is 38.2 Å². The molecule has 2 aliphatic heterocycles. The predicted octanol–water partition coefficient (Wildman–Crippen LogP) is 17.8. The van der Waals surface area contributed by atoms with E-state index in [1.807, 2.05) is 23.5 Å². The number of anilines is 4. The van der Waals surface area contributed by atoms with Crippen LogP contribution < -0.4 is 9.80 Å². The number of rotatable bonds is 5. The van der Waals surface area contributed by atoms with Crippen LogP contribution in [0.4, 0.5) is 22.7 Å². The van der Waals surface area contributed by atoms with Crippen LogP contribution in [0, 0.1) is 5.92 Å². The van der Waals surface area contributed by atoms with Gasteiger partial charge in [0.15, 0.2) is 0 Å². The van der Waals surface area contributed by atoms with Gasteiger partial charge in [-0.25, -0.2) is 0 Å². The van der Waals surface area contributed by atoms with Crippen molar-refractivity contribution < 1.29 is 0 Å². The summed E-state index contributed by atoms with van der Waals surface area (Å²) in [7, 11) is 0. The van der Waals surface area contributed by atoms with Gasteiger partial charge in [-0.3, -0.25) is 0 Å². The largest absolute Gasteiger partial charge is 0.309 e. The molecule has 0 spiro atoms. The third-order valence-corrected chi connectivity index (χ3v) is 16.8. The van der Waals surface area contributed by atoms with Crippen LogP contribution in [-0.2, 0) is 0 Å². The number of thioether (sulfide) groups is 1. The summed E-state index contributed by atoms with van der Waals surface area (Å²) < 4.78 is 0. The van der Waals surface area contributed by atoms with Crippen molar-refractivity contribution in [3.63, 3.8) is 0 Å². The highest BCUT2D eigenvalue weighted by atomic mass is 32.2. The number of benzene rings is 9. The molecule has 0 saturated heterocycles. The molecule has 4 heteroatoms. The maximum absolute atomic E-state index is 2.61. The fourth-order valence-corrected chi connectivity index (χ4v) is 13.6. The van der Waals surface area contributed by atoms with Gasteiger partial charge in [-0.1, -0.05) is 181 Å². The summed E-state index contributed by atoms with van der Waals surface area (Å²) in [5.74, 6) is 0.0680. The van der Waals surface area contributed by atoms with E-state index in [0.29, 0.717) is 0 Å². The maximum atomic E-state index is 2.61. The summed E-state index contributed by atoms with van der Waals surface area (Å²) in [6, 6.07) is 74.8. The summed E-state index contributed by atoms with van der Waals surface area (Å²) in [6.07, 6.45) is 14.3.